The molecule has 3 rings (SSSR count). The highest BCUT2D eigenvalue weighted by molar-refractivity contribution is 9.10. The highest BCUT2D eigenvalue weighted by Crippen LogP contribution is 2.15. The highest BCUT2D eigenvalue weighted by atomic mass is 79.9. The highest BCUT2D eigenvalue weighted by Gasteiger charge is 2.32. The van der Waals surface area contributed by atoms with E-state index < -0.39 is 0 Å². The molecule has 0 aromatic heterocycles. The van der Waals surface area contributed by atoms with Crippen LogP contribution in [0.3, 0.4) is 0 Å². The van der Waals surface area contributed by atoms with Crippen molar-refractivity contribution in [3.63, 3.8) is 0 Å². The van der Waals surface area contributed by atoms with Gasteiger partial charge in [-0.25, -0.2) is 4.79 Å². The number of rotatable bonds is 3. The molecule has 0 aliphatic carbocycles. The fraction of sp³-hybridized carbons (Fsp3) is 0.579. The van der Waals surface area contributed by atoms with E-state index in [9.17, 15) is 9.59 Å². The number of piperazine rings is 2. The van der Waals surface area contributed by atoms with Crippen LogP contribution in [0.5, 0.6) is 0 Å². The summed E-state index contributed by atoms with van der Waals surface area (Å²) in [7, 11) is 0. The van der Waals surface area contributed by atoms with Gasteiger partial charge in [-0.3, -0.25) is 9.69 Å². The maximum Gasteiger partial charge on any atom is 0.321 e. The van der Waals surface area contributed by atoms with Gasteiger partial charge in [0.2, 0.25) is 5.91 Å². The molecule has 0 bridgehead atoms. The third-order valence-electron chi connectivity index (χ3n) is 5.21. The predicted molar refractivity (Wildman–Crippen MR) is 110 cm³/mol. The zero-order valence-electron chi connectivity index (χ0n) is 15.9. The monoisotopic (exact) mass is 437 g/mol. The SMILES string of the molecule is CC(C)N1CCN[C@@H](C(=O)N2CCN(C(=O)Nc3ccc(Br)cc3)CC2)C1. The van der Waals surface area contributed by atoms with Crippen molar-refractivity contribution in [3.8, 4) is 0 Å². The molecular formula is C19H28BrN5O2. The van der Waals surface area contributed by atoms with Crippen molar-refractivity contribution in [3.05, 3.63) is 28.7 Å². The smallest absolute Gasteiger partial charge is 0.321 e. The number of hydrogen-bond donors (Lipinski definition) is 2. The van der Waals surface area contributed by atoms with Crippen molar-refractivity contribution in [2.24, 2.45) is 0 Å². The van der Waals surface area contributed by atoms with Gasteiger partial charge in [0, 0.05) is 62.0 Å². The first-order chi connectivity index (χ1) is 12.9. The minimum atomic E-state index is -0.149. The minimum Gasteiger partial charge on any atom is -0.338 e. The maximum atomic E-state index is 12.8. The number of nitrogens with one attached hydrogen (secondary N) is 2. The number of nitrogens with zero attached hydrogens (tertiary/aromatic N) is 3. The number of amides is 3. The first kappa shape index (κ1) is 20.1. The zero-order valence-corrected chi connectivity index (χ0v) is 17.5. The Morgan fingerprint density at radius 2 is 1.70 bits per heavy atom. The molecule has 27 heavy (non-hydrogen) atoms. The first-order valence-corrected chi connectivity index (χ1v) is 10.3. The number of anilines is 1. The molecular weight excluding hydrogens is 410 g/mol. The van der Waals surface area contributed by atoms with Crippen molar-refractivity contribution < 1.29 is 9.59 Å². The number of benzene rings is 1. The van der Waals surface area contributed by atoms with E-state index in [4.69, 9.17) is 0 Å². The van der Waals surface area contributed by atoms with Gasteiger partial charge in [-0.1, -0.05) is 15.9 Å². The van der Waals surface area contributed by atoms with Crippen LogP contribution in [0, 0.1) is 0 Å². The van der Waals surface area contributed by atoms with Crippen molar-refractivity contribution >= 4 is 33.6 Å². The molecule has 2 N–H and O–H groups in total. The Hall–Kier alpha value is -1.64. The van der Waals surface area contributed by atoms with E-state index in [1.54, 1.807) is 4.90 Å². The Labute approximate surface area is 169 Å². The standard InChI is InChI=1S/C19H28BrN5O2/c1-14(2)25-8-7-21-17(13-25)18(26)23-9-11-24(12-10-23)19(27)22-16-5-3-15(20)4-6-16/h3-6,14,17,21H,7-13H2,1-2H3,(H,22,27)/t17-/m1/s1. The van der Waals surface area contributed by atoms with Gasteiger partial charge in [0.15, 0.2) is 0 Å². The summed E-state index contributed by atoms with van der Waals surface area (Å²) < 4.78 is 0.972. The van der Waals surface area contributed by atoms with Gasteiger partial charge in [0.05, 0.1) is 6.04 Å². The van der Waals surface area contributed by atoms with Crippen LogP contribution in [0.4, 0.5) is 10.5 Å². The summed E-state index contributed by atoms with van der Waals surface area (Å²) in [5.41, 5.74) is 0.766. The molecule has 2 aliphatic heterocycles. The average Bonchev–Trinajstić information content (AvgIpc) is 2.69. The molecule has 0 unspecified atom stereocenters. The molecule has 0 spiro atoms. The van der Waals surface area contributed by atoms with Gasteiger partial charge in [0.1, 0.15) is 0 Å². The Balaban J connectivity index is 1.48. The Kier molecular flexibility index (Phi) is 6.73. The molecule has 2 fully saturated rings. The zero-order chi connectivity index (χ0) is 19.4. The van der Waals surface area contributed by atoms with Crippen LogP contribution in [0.15, 0.2) is 28.7 Å². The van der Waals surface area contributed by atoms with Crippen LogP contribution in [0.1, 0.15) is 13.8 Å². The molecule has 2 heterocycles. The van der Waals surface area contributed by atoms with Crippen LogP contribution in [0.25, 0.3) is 0 Å². The summed E-state index contributed by atoms with van der Waals surface area (Å²) in [6.07, 6.45) is 0. The first-order valence-electron chi connectivity index (χ1n) is 9.52. The summed E-state index contributed by atoms with van der Waals surface area (Å²) in [6.45, 7) is 9.14. The number of carbonyl (C=O) groups excluding carboxylic acids is 2. The maximum absolute atomic E-state index is 12.8. The predicted octanol–water partition coefficient (Wildman–Crippen LogP) is 1.81. The van der Waals surface area contributed by atoms with E-state index in [2.05, 4.69) is 45.3 Å². The van der Waals surface area contributed by atoms with E-state index in [0.717, 1.165) is 29.8 Å². The largest absolute Gasteiger partial charge is 0.338 e. The second kappa shape index (κ2) is 9.03. The molecule has 7 nitrogen and oxygen atoms in total. The van der Waals surface area contributed by atoms with Crippen molar-refractivity contribution in [1.82, 2.24) is 20.0 Å². The third-order valence-corrected chi connectivity index (χ3v) is 5.74. The fourth-order valence-corrected chi connectivity index (χ4v) is 3.76. The lowest BCUT2D eigenvalue weighted by atomic mass is 10.1. The third kappa shape index (κ3) is 5.21. The molecule has 0 radical (unpaired) electrons. The van der Waals surface area contributed by atoms with Gasteiger partial charge in [-0.05, 0) is 38.1 Å². The molecule has 1 atom stereocenters. The summed E-state index contributed by atoms with van der Waals surface area (Å²) in [5.74, 6) is 0.147. The van der Waals surface area contributed by atoms with Crippen molar-refractivity contribution in [1.29, 1.82) is 0 Å². The molecule has 2 saturated heterocycles. The topological polar surface area (TPSA) is 67.9 Å². The number of urea groups is 1. The van der Waals surface area contributed by atoms with Gasteiger partial charge in [-0.2, -0.15) is 0 Å². The molecule has 148 valence electrons. The number of carbonyl (C=O) groups is 2. The lowest BCUT2D eigenvalue weighted by Gasteiger charge is -2.40. The van der Waals surface area contributed by atoms with E-state index in [-0.39, 0.29) is 18.0 Å². The van der Waals surface area contributed by atoms with Gasteiger partial charge in [-0.15, -0.1) is 0 Å². The van der Waals surface area contributed by atoms with Crippen LogP contribution in [-0.4, -0.2) is 84.5 Å². The number of hydrogen-bond acceptors (Lipinski definition) is 4. The Bertz CT molecular complexity index is 659. The molecule has 1 aromatic carbocycles. The Morgan fingerprint density at radius 3 is 2.33 bits per heavy atom. The van der Waals surface area contributed by atoms with E-state index in [1.165, 1.54) is 0 Å². The fourth-order valence-electron chi connectivity index (χ4n) is 3.49. The lowest BCUT2D eigenvalue weighted by Crippen LogP contribution is -2.61. The molecule has 2 aliphatic rings. The summed E-state index contributed by atoms with van der Waals surface area (Å²) in [6, 6.07) is 7.68. The van der Waals surface area contributed by atoms with Crippen LogP contribution in [-0.2, 0) is 4.79 Å². The van der Waals surface area contributed by atoms with E-state index >= 15 is 0 Å². The normalized spacial score (nSPS) is 21.4. The van der Waals surface area contributed by atoms with Crippen LogP contribution >= 0.6 is 15.9 Å². The summed E-state index contributed by atoms with van der Waals surface area (Å²) >= 11 is 3.38. The van der Waals surface area contributed by atoms with Crippen LogP contribution in [0.2, 0.25) is 0 Å². The molecule has 1 aromatic rings. The number of halogens is 1. The Morgan fingerprint density at radius 1 is 1.07 bits per heavy atom. The second-order valence-electron chi connectivity index (χ2n) is 7.34. The summed E-state index contributed by atoms with van der Waals surface area (Å²) in [5, 5.41) is 6.25. The lowest BCUT2D eigenvalue weighted by molar-refractivity contribution is -0.136. The van der Waals surface area contributed by atoms with E-state index in [1.807, 2.05) is 29.2 Å². The summed E-state index contributed by atoms with van der Waals surface area (Å²) in [4.78, 5) is 31.2. The molecule has 8 heteroatoms. The van der Waals surface area contributed by atoms with Crippen molar-refractivity contribution in [2.75, 3.05) is 51.1 Å². The second-order valence-corrected chi connectivity index (χ2v) is 8.26. The average molecular weight is 438 g/mol. The van der Waals surface area contributed by atoms with Gasteiger partial charge in [0.25, 0.3) is 0 Å². The van der Waals surface area contributed by atoms with Crippen molar-refractivity contribution in [2.45, 2.75) is 25.9 Å². The van der Waals surface area contributed by atoms with Gasteiger partial charge < -0.3 is 20.4 Å². The molecule has 0 saturated carbocycles. The van der Waals surface area contributed by atoms with Crippen LogP contribution < -0.4 is 10.6 Å². The minimum absolute atomic E-state index is 0.119. The van der Waals surface area contributed by atoms with E-state index in [0.29, 0.717) is 32.2 Å². The quantitative estimate of drug-likeness (QED) is 0.756. The van der Waals surface area contributed by atoms with Gasteiger partial charge >= 0.3 is 6.03 Å². The molecule has 3 amide bonds.